The summed E-state index contributed by atoms with van der Waals surface area (Å²) in [6.45, 7) is 4.64. The van der Waals surface area contributed by atoms with Gasteiger partial charge in [0.25, 0.3) is 0 Å². The molecule has 0 radical (unpaired) electrons. The molecular weight excluding hydrogens is 326 g/mol. The molecule has 1 saturated carbocycles. The molecule has 0 bridgehead atoms. The maximum absolute atomic E-state index is 13.0. The van der Waals surface area contributed by atoms with Crippen molar-refractivity contribution in [1.29, 1.82) is 0 Å². The molecule has 2 heterocycles. The largest absolute Gasteiger partial charge is 0.364 e. The van der Waals surface area contributed by atoms with Crippen molar-refractivity contribution in [3.05, 3.63) is 35.4 Å². The Morgan fingerprint density at radius 3 is 2.71 bits per heavy atom. The average Bonchev–Trinajstić information content (AvgIpc) is 3.26. The molecule has 2 aliphatic heterocycles. The molecule has 1 aliphatic carbocycles. The minimum absolute atomic E-state index is 0.292. The van der Waals surface area contributed by atoms with Crippen molar-refractivity contribution in [2.45, 2.75) is 55.3 Å². The van der Waals surface area contributed by atoms with Crippen LogP contribution in [0.3, 0.4) is 0 Å². The first-order chi connectivity index (χ1) is 11.3. The smallest absolute Gasteiger partial charge is 0.243 e. The first-order valence-corrected chi connectivity index (χ1v) is 10.1. The van der Waals surface area contributed by atoms with E-state index >= 15 is 0 Å². The third kappa shape index (κ3) is 2.15. The lowest BCUT2D eigenvalue weighted by Gasteiger charge is -2.30. The highest BCUT2D eigenvalue weighted by Gasteiger charge is 2.54. The summed E-state index contributed by atoms with van der Waals surface area (Å²) in [6.07, 6.45) is 2.08. The van der Waals surface area contributed by atoms with Crippen molar-refractivity contribution in [3.63, 3.8) is 0 Å². The summed E-state index contributed by atoms with van der Waals surface area (Å²) in [7, 11) is -3.43. The third-order valence-electron chi connectivity index (χ3n) is 5.72. The molecule has 1 spiro atoms. The van der Waals surface area contributed by atoms with Crippen molar-refractivity contribution >= 4 is 15.7 Å². The lowest BCUT2D eigenvalue weighted by molar-refractivity contribution is -0.133. The summed E-state index contributed by atoms with van der Waals surface area (Å²) in [4.78, 5) is 14.7. The fourth-order valence-corrected chi connectivity index (χ4v) is 5.94. The molecule has 1 aromatic rings. The van der Waals surface area contributed by atoms with Gasteiger partial charge in [0.15, 0.2) is 9.84 Å². The zero-order chi connectivity index (χ0) is 17.2. The Hall–Kier alpha value is -1.40. The molecule has 24 heavy (non-hydrogen) atoms. The number of amides is 1. The minimum Gasteiger partial charge on any atom is -0.364 e. The number of hydrogen-bond acceptors (Lipinski definition) is 4. The van der Waals surface area contributed by atoms with E-state index in [1.54, 1.807) is 18.7 Å². The van der Waals surface area contributed by atoms with E-state index in [9.17, 15) is 13.2 Å². The average molecular weight is 349 g/mol. The van der Waals surface area contributed by atoms with Crippen LogP contribution in [0.4, 0.5) is 0 Å². The topological polar surface area (TPSA) is 63.7 Å². The molecular formula is C18H23NO4S. The summed E-state index contributed by atoms with van der Waals surface area (Å²) in [5.74, 6) is -0.292. The van der Waals surface area contributed by atoms with Crippen LogP contribution in [0.15, 0.2) is 24.3 Å². The van der Waals surface area contributed by atoms with Crippen LogP contribution >= 0.6 is 0 Å². The van der Waals surface area contributed by atoms with Crippen molar-refractivity contribution < 1.29 is 17.9 Å². The summed E-state index contributed by atoms with van der Waals surface area (Å²) >= 11 is 0. The van der Waals surface area contributed by atoms with Gasteiger partial charge in [-0.25, -0.2) is 8.42 Å². The molecule has 2 fully saturated rings. The number of carbonyl (C=O) groups is 1. The SMILES string of the molecule is CC(C)(C(=O)N1CCC2(C1)OCc1ccccc12)S(=O)(=O)C1CC1. The molecule has 1 atom stereocenters. The monoisotopic (exact) mass is 349 g/mol. The molecule has 1 saturated heterocycles. The standard InChI is InChI=1S/C18H23NO4S/c1-17(2,24(21,22)14-7-8-14)16(20)19-10-9-18(12-19)15-6-4-3-5-13(15)11-23-18/h3-6,14H,7-12H2,1-2H3. The number of benzene rings is 1. The second-order valence-corrected chi connectivity index (χ2v) is 10.4. The first kappa shape index (κ1) is 16.1. The second kappa shape index (κ2) is 5.05. The van der Waals surface area contributed by atoms with Crippen molar-refractivity contribution in [3.8, 4) is 0 Å². The van der Waals surface area contributed by atoms with E-state index in [0.29, 0.717) is 32.5 Å². The zero-order valence-electron chi connectivity index (χ0n) is 14.1. The number of fused-ring (bicyclic) bond motifs is 2. The van der Waals surface area contributed by atoms with Crippen LogP contribution in [0.25, 0.3) is 0 Å². The summed E-state index contributed by atoms with van der Waals surface area (Å²) in [6, 6.07) is 8.09. The van der Waals surface area contributed by atoms with Gasteiger partial charge >= 0.3 is 0 Å². The third-order valence-corrected chi connectivity index (χ3v) is 8.67. The van der Waals surface area contributed by atoms with Crippen LogP contribution in [-0.2, 0) is 31.6 Å². The molecule has 130 valence electrons. The van der Waals surface area contributed by atoms with Crippen molar-refractivity contribution in [2.75, 3.05) is 13.1 Å². The molecule has 0 aromatic heterocycles. The summed E-state index contributed by atoms with van der Waals surface area (Å²) < 4.78 is 30.0. The van der Waals surface area contributed by atoms with Crippen LogP contribution in [0.5, 0.6) is 0 Å². The van der Waals surface area contributed by atoms with E-state index in [2.05, 4.69) is 12.1 Å². The lowest BCUT2D eigenvalue weighted by atomic mass is 9.92. The van der Waals surface area contributed by atoms with Crippen LogP contribution in [-0.4, -0.2) is 42.3 Å². The van der Waals surface area contributed by atoms with Gasteiger partial charge in [0.05, 0.1) is 18.4 Å². The van der Waals surface area contributed by atoms with E-state index in [1.807, 2.05) is 12.1 Å². The zero-order valence-corrected chi connectivity index (χ0v) is 14.9. The van der Waals surface area contributed by atoms with Gasteiger partial charge in [0.1, 0.15) is 10.3 Å². The van der Waals surface area contributed by atoms with Gasteiger partial charge < -0.3 is 9.64 Å². The van der Waals surface area contributed by atoms with Gasteiger partial charge in [-0.3, -0.25) is 4.79 Å². The maximum Gasteiger partial charge on any atom is 0.243 e. The van der Waals surface area contributed by atoms with Crippen LogP contribution in [0.2, 0.25) is 0 Å². The molecule has 5 nitrogen and oxygen atoms in total. The molecule has 0 N–H and O–H groups in total. The van der Waals surface area contributed by atoms with Gasteiger partial charge in [0.2, 0.25) is 5.91 Å². The van der Waals surface area contributed by atoms with E-state index in [0.717, 1.165) is 17.5 Å². The predicted molar refractivity (Wildman–Crippen MR) is 90.1 cm³/mol. The lowest BCUT2D eigenvalue weighted by Crippen LogP contribution is -2.51. The normalized spacial score (nSPS) is 26.8. The number of likely N-dealkylation sites (tertiary alicyclic amines) is 1. The van der Waals surface area contributed by atoms with E-state index in [-0.39, 0.29) is 11.2 Å². The highest BCUT2D eigenvalue weighted by molar-refractivity contribution is 7.94. The minimum atomic E-state index is -3.43. The van der Waals surface area contributed by atoms with Gasteiger partial charge in [-0.2, -0.15) is 0 Å². The van der Waals surface area contributed by atoms with E-state index in [4.69, 9.17) is 4.74 Å². The fraction of sp³-hybridized carbons (Fsp3) is 0.611. The summed E-state index contributed by atoms with van der Waals surface area (Å²) in [5, 5.41) is -0.337. The summed E-state index contributed by atoms with van der Waals surface area (Å²) in [5.41, 5.74) is 1.84. The van der Waals surface area contributed by atoms with Gasteiger partial charge in [-0.05, 0) is 44.2 Å². The van der Waals surface area contributed by atoms with Crippen LogP contribution in [0, 0.1) is 0 Å². The predicted octanol–water partition coefficient (Wildman–Crippen LogP) is 2.00. The van der Waals surface area contributed by atoms with Crippen molar-refractivity contribution in [2.24, 2.45) is 0 Å². The fourth-order valence-electron chi connectivity index (χ4n) is 3.97. The van der Waals surface area contributed by atoms with Gasteiger partial charge in [-0.15, -0.1) is 0 Å². The molecule has 1 amide bonds. The van der Waals surface area contributed by atoms with Crippen LogP contribution in [0.1, 0.15) is 44.2 Å². The molecule has 1 unspecified atom stereocenters. The Bertz CT molecular complexity index is 797. The number of carbonyl (C=O) groups excluding carboxylic acids is 1. The number of sulfone groups is 1. The Morgan fingerprint density at radius 1 is 1.29 bits per heavy atom. The van der Waals surface area contributed by atoms with Crippen LogP contribution < -0.4 is 0 Å². The van der Waals surface area contributed by atoms with E-state index in [1.165, 1.54) is 0 Å². The molecule has 3 aliphatic rings. The Labute approximate surface area is 142 Å². The number of hydrogen-bond donors (Lipinski definition) is 0. The second-order valence-electron chi connectivity index (χ2n) is 7.67. The molecule has 4 rings (SSSR count). The van der Waals surface area contributed by atoms with E-state index < -0.39 is 20.2 Å². The number of nitrogens with zero attached hydrogens (tertiary/aromatic N) is 1. The Kier molecular flexibility index (Phi) is 3.39. The quantitative estimate of drug-likeness (QED) is 0.837. The maximum atomic E-state index is 13.0. The number of rotatable bonds is 3. The van der Waals surface area contributed by atoms with Gasteiger partial charge in [0, 0.05) is 6.54 Å². The molecule has 1 aromatic carbocycles. The first-order valence-electron chi connectivity index (χ1n) is 8.53. The van der Waals surface area contributed by atoms with Crippen molar-refractivity contribution in [1.82, 2.24) is 4.90 Å². The Balaban J connectivity index is 1.59. The highest BCUT2D eigenvalue weighted by Crippen LogP contribution is 2.44. The number of ether oxygens (including phenoxy) is 1. The highest BCUT2D eigenvalue weighted by atomic mass is 32.2. The Morgan fingerprint density at radius 2 is 2.00 bits per heavy atom. The van der Waals surface area contributed by atoms with Gasteiger partial charge in [-0.1, -0.05) is 24.3 Å². The molecule has 6 heteroatoms.